The van der Waals surface area contributed by atoms with Crippen LogP contribution in [0.2, 0.25) is 5.02 Å². The van der Waals surface area contributed by atoms with Crippen molar-refractivity contribution < 1.29 is 13.2 Å². The fourth-order valence-electron chi connectivity index (χ4n) is 1.15. The quantitative estimate of drug-likeness (QED) is 0.626. The van der Waals surface area contributed by atoms with E-state index in [4.69, 9.17) is 17.4 Å². The van der Waals surface area contributed by atoms with Crippen molar-refractivity contribution in [3.05, 3.63) is 34.9 Å². The fraction of sp³-hybridized carbons (Fsp3) is 0.333. The van der Waals surface area contributed by atoms with Gasteiger partial charge in [0.2, 0.25) is 0 Å². The monoisotopic (exact) mass is 238 g/mol. The highest BCUT2D eigenvalue weighted by molar-refractivity contribution is 6.31. The first-order chi connectivity index (χ1) is 6.95. The molecule has 1 rings (SSSR count). The summed E-state index contributed by atoms with van der Waals surface area (Å²) >= 11 is 5.74. The summed E-state index contributed by atoms with van der Waals surface area (Å²) < 4.78 is 37.1. The summed E-state index contributed by atoms with van der Waals surface area (Å²) in [4.78, 5) is 0. The number of hydrogen-bond donors (Lipinski definition) is 2. The van der Waals surface area contributed by atoms with Crippen LogP contribution in [0.25, 0.3) is 0 Å². The maximum absolute atomic E-state index is 12.4. The van der Waals surface area contributed by atoms with E-state index in [0.29, 0.717) is 10.6 Å². The number of rotatable bonds is 3. The van der Waals surface area contributed by atoms with E-state index in [2.05, 4.69) is 0 Å². The summed E-state index contributed by atoms with van der Waals surface area (Å²) in [7, 11) is 0. The summed E-state index contributed by atoms with van der Waals surface area (Å²) in [6, 6.07) is 4.59. The number of benzene rings is 1. The average Bonchev–Trinajstić information content (AvgIpc) is 2.14. The molecule has 0 spiro atoms. The Balaban J connectivity index is 2.80. The van der Waals surface area contributed by atoms with Crippen LogP contribution in [0, 0.1) is 0 Å². The first-order valence-electron chi connectivity index (χ1n) is 4.21. The predicted octanol–water partition coefficient (Wildman–Crippen LogP) is 2.28. The van der Waals surface area contributed by atoms with Gasteiger partial charge in [0.25, 0.3) is 0 Å². The zero-order chi connectivity index (χ0) is 11.5. The highest BCUT2D eigenvalue weighted by Crippen LogP contribution is 2.25. The van der Waals surface area contributed by atoms with Crippen LogP contribution in [0.15, 0.2) is 24.3 Å². The summed E-state index contributed by atoms with van der Waals surface area (Å²) in [6.45, 7) is 0. The summed E-state index contributed by atoms with van der Waals surface area (Å²) in [5, 5.41) is 0.307. The second kappa shape index (κ2) is 4.83. The van der Waals surface area contributed by atoms with Gasteiger partial charge in [0.15, 0.2) is 0 Å². The average molecular weight is 239 g/mol. The van der Waals surface area contributed by atoms with Gasteiger partial charge in [-0.05, 0) is 18.1 Å². The van der Waals surface area contributed by atoms with Gasteiger partial charge in [-0.3, -0.25) is 5.84 Å². The largest absolute Gasteiger partial charge is 0.405 e. The van der Waals surface area contributed by atoms with E-state index in [1.165, 1.54) is 0 Å². The van der Waals surface area contributed by atoms with E-state index >= 15 is 0 Å². The lowest BCUT2D eigenvalue weighted by Crippen LogP contribution is -2.47. The molecule has 0 saturated heterocycles. The molecule has 0 bridgehead atoms. The molecule has 0 aliphatic rings. The topological polar surface area (TPSA) is 38.0 Å². The Hall–Kier alpha value is -0.780. The number of halogens is 4. The number of nitrogens with one attached hydrogen (secondary N) is 1. The normalized spacial score (nSPS) is 13.9. The molecule has 0 radical (unpaired) electrons. The van der Waals surface area contributed by atoms with Crippen LogP contribution in [-0.2, 0) is 6.42 Å². The lowest BCUT2D eigenvalue weighted by atomic mass is 10.1. The van der Waals surface area contributed by atoms with Crippen LogP contribution in [0.5, 0.6) is 0 Å². The number of nitrogens with two attached hydrogens (primary N) is 1. The SMILES string of the molecule is NNC(Cc1ccccc1Cl)C(F)(F)F. The van der Waals surface area contributed by atoms with Gasteiger partial charge >= 0.3 is 6.18 Å². The Morgan fingerprint density at radius 1 is 1.33 bits per heavy atom. The second-order valence-corrected chi connectivity index (χ2v) is 3.46. The van der Waals surface area contributed by atoms with Gasteiger partial charge < -0.3 is 0 Å². The molecule has 0 saturated carbocycles. The zero-order valence-corrected chi connectivity index (χ0v) is 8.44. The van der Waals surface area contributed by atoms with Gasteiger partial charge in [0.1, 0.15) is 6.04 Å². The molecule has 0 amide bonds. The van der Waals surface area contributed by atoms with Gasteiger partial charge in [-0.15, -0.1) is 0 Å². The second-order valence-electron chi connectivity index (χ2n) is 3.06. The van der Waals surface area contributed by atoms with Crippen molar-refractivity contribution in [3.8, 4) is 0 Å². The zero-order valence-electron chi connectivity index (χ0n) is 7.68. The third kappa shape index (κ3) is 3.37. The molecule has 84 valence electrons. The van der Waals surface area contributed by atoms with Crippen LogP contribution in [0.1, 0.15) is 5.56 Å². The molecule has 0 heterocycles. The standard InChI is InChI=1S/C9H10ClF3N2/c10-7-4-2-1-3-6(7)5-8(15-14)9(11,12)13/h1-4,8,15H,5,14H2. The third-order valence-corrected chi connectivity index (χ3v) is 2.35. The van der Waals surface area contributed by atoms with E-state index < -0.39 is 12.2 Å². The molecule has 1 unspecified atom stereocenters. The maximum Gasteiger partial charge on any atom is 0.405 e. The van der Waals surface area contributed by atoms with Crippen molar-refractivity contribution in [3.63, 3.8) is 0 Å². The maximum atomic E-state index is 12.4. The van der Waals surface area contributed by atoms with E-state index in [9.17, 15) is 13.2 Å². The minimum Gasteiger partial charge on any atom is -0.271 e. The summed E-state index contributed by atoms with van der Waals surface area (Å²) in [5.74, 6) is 4.84. The van der Waals surface area contributed by atoms with Gasteiger partial charge in [0.05, 0.1) is 0 Å². The molecular weight excluding hydrogens is 229 g/mol. The van der Waals surface area contributed by atoms with Crippen molar-refractivity contribution in [2.24, 2.45) is 5.84 Å². The van der Waals surface area contributed by atoms with Crippen molar-refractivity contribution in [1.82, 2.24) is 5.43 Å². The van der Waals surface area contributed by atoms with Gasteiger partial charge in [-0.2, -0.15) is 13.2 Å². The summed E-state index contributed by atoms with van der Waals surface area (Å²) in [5.41, 5.74) is 2.15. The first kappa shape index (κ1) is 12.3. The molecule has 3 N–H and O–H groups in total. The van der Waals surface area contributed by atoms with Gasteiger partial charge in [-0.25, -0.2) is 5.43 Å². The molecule has 0 aliphatic heterocycles. The number of alkyl halides is 3. The lowest BCUT2D eigenvalue weighted by Gasteiger charge is -2.19. The molecule has 1 aromatic rings. The van der Waals surface area contributed by atoms with Crippen LogP contribution in [0.4, 0.5) is 13.2 Å². The van der Waals surface area contributed by atoms with Crippen LogP contribution >= 0.6 is 11.6 Å². The smallest absolute Gasteiger partial charge is 0.271 e. The molecule has 0 aliphatic carbocycles. The van der Waals surface area contributed by atoms with E-state index in [-0.39, 0.29) is 6.42 Å². The van der Waals surface area contributed by atoms with Crippen LogP contribution in [0.3, 0.4) is 0 Å². The molecule has 15 heavy (non-hydrogen) atoms. The van der Waals surface area contributed by atoms with E-state index in [0.717, 1.165) is 0 Å². The first-order valence-corrected chi connectivity index (χ1v) is 4.59. The molecule has 2 nitrogen and oxygen atoms in total. The minimum atomic E-state index is -4.38. The molecule has 0 fully saturated rings. The Kier molecular flexibility index (Phi) is 3.96. The minimum absolute atomic E-state index is 0.278. The van der Waals surface area contributed by atoms with E-state index in [1.54, 1.807) is 29.7 Å². The highest BCUT2D eigenvalue weighted by atomic mass is 35.5. The molecule has 0 aromatic heterocycles. The molecular formula is C9H10ClF3N2. The summed E-state index contributed by atoms with van der Waals surface area (Å²) in [6.07, 6.45) is -4.66. The van der Waals surface area contributed by atoms with Crippen LogP contribution in [-0.4, -0.2) is 12.2 Å². The molecule has 6 heteroatoms. The Morgan fingerprint density at radius 2 is 1.93 bits per heavy atom. The molecule has 1 atom stereocenters. The Morgan fingerprint density at radius 3 is 2.40 bits per heavy atom. The lowest BCUT2D eigenvalue weighted by molar-refractivity contribution is -0.155. The number of hydrogen-bond acceptors (Lipinski definition) is 2. The van der Waals surface area contributed by atoms with E-state index in [1.807, 2.05) is 0 Å². The molecule has 1 aromatic carbocycles. The third-order valence-electron chi connectivity index (χ3n) is 1.98. The van der Waals surface area contributed by atoms with Crippen molar-refractivity contribution >= 4 is 11.6 Å². The fourth-order valence-corrected chi connectivity index (χ4v) is 1.37. The predicted molar refractivity (Wildman–Crippen MR) is 52.3 cm³/mol. The van der Waals surface area contributed by atoms with Gasteiger partial charge in [-0.1, -0.05) is 29.8 Å². The highest BCUT2D eigenvalue weighted by Gasteiger charge is 2.39. The van der Waals surface area contributed by atoms with Crippen LogP contribution < -0.4 is 11.3 Å². The van der Waals surface area contributed by atoms with Crippen molar-refractivity contribution in [1.29, 1.82) is 0 Å². The Bertz CT molecular complexity index is 327. The number of hydrazine groups is 1. The van der Waals surface area contributed by atoms with Crippen molar-refractivity contribution in [2.45, 2.75) is 18.6 Å². The Labute approximate surface area is 90.2 Å². The van der Waals surface area contributed by atoms with Gasteiger partial charge in [0, 0.05) is 5.02 Å². The van der Waals surface area contributed by atoms with Crippen molar-refractivity contribution in [2.75, 3.05) is 0 Å².